The number of nitrogens with one attached hydrogen (secondary N) is 1. The van der Waals surface area contributed by atoms with Crippen molar-refractivity contribution in [2.45, 2.75) is 19.8 Å². The zero-order valence-corrected chi connectivity index (χ0v) is 11.7. The van der Waals surface area contributed by atoms with Crippen molar-refractivity contribution in [2.75, 3.05) is 0 Å². The third-order valence-corrected chi connectivity index (χ3v) is 3.07. The van der Waals surface area contributed by atoms with Crippen molar-refractivity contribution in [3.63, 3.8) is 0 Å². The van der Waals surface area contributed by atoms with Crippen LogP contribution in [0.5, 0.6) is 0 Å². The van der Waals surface area contributed by atoms with Gasteiger partial charge in [0.1, 0.15) is 5.78 Å². The molecule has 1 aromatic heterocycles. The highest BCUT2D eigenvalue weighted by Crippen LogP contribution is 2.09. The normalized spacial score (nSPS) is 9.85. The molecule has 0 radical (unpaired) electrons. The highest BCUT2D eigenvalue weighted by Gasteiger charge is 1.94. The number of fused-ring (bicyclic) bond motifs is 1. The van der Waals surface area contributed by atoms with E-state index in [9.17, 15) is 4.79 Å². The summed E-state index contributed by atoms with van der Waals surface area (Å²) in [6, 6.07) is 20.3. The molecule has 0 fully saturated rings. The van der Waals surface area contributed by atoms with Crippen molar-refractivity contribution in [2.24, 2.45) is 0 Å². The summed E-state index contributed by atoms with van der Waals surface area (Å²) in [5.41, 5.74) is 2.44. The Balaban J connectivity index is 0.000000149. The number of rotatable bonds is 3. The summed E-state index contributed by atoms with van der Waals surface area (Å²) >= 11 is 0. The van der Waals surface area contributed by atoms with Gasteiger partial charge in [-0.3, -0.25) is 0 Å². The van der Waals surface area contributed by atoms with Crippen molar-refractivity contribution in [1.29, 1.82) is 0 Å². The zero-order valence-electron chi connectivity index (χ0n) is 11.7. The number of aromatic amines is 1. The summed E-state index contributed by atoms with van der Waals surface area (Å²) in [5, 5.41) is 1.28. The predicted molar refractivity (Wildman–Crippen MR) is 83.7 cm³/mol. The van der Waals surface area contributed by atoms with Gasteiger partial charge in [-0.05, 0) is 36.4 Å². The fourth-order valence-electron chi connectivity index (χ4n) is 1.96. The van der Waals surface area contributed by atoms with Gasteiger partial charge in [0.05, 0.1) is 0 Å². The molecule has 102 valence electrons. The first kappa shape index (κ1) is 14.1. The lowest BCUT2D eigenvalue weighted by Crippen LogP contribution is -1.92. The number of Topliss-reactive ketones (excluding diaryl/α,β-unsaturated/α-hetero) is 1. The van der Waals surface area contributed by atoms with Crippen LogP contribution in [0, 0.1) is 0 Å². The van der Waals surface area contributed by atoms with Crippen molar-refractivity contribution in [1.82, 2.24) is 4.98 Å². The van der Waals surface area contributed by atoms with Crippen LogP contribution in [0.4, 0.5) is 0 Å². The molecule has 0 spiro atoms. The number of carbonyl (C=O) groups is 1. The Morgan fingerprint density at radius 2 is 1.65 bits per heavy atom. The van der Waals surface area contributed by atoms with Crippen LogP contribution >= 0.6 is 0 Å². The Labute approximate surface area is 119 Å². The molecule has 0 bridgehead atoms. The third-order valence-electron chi connectivity index (χ3n) is 3.07. The number of benzene rings is 2. The highest BCUT2D eigenvalue weighted by atomic mass is 16.1. The van der Waals surface area contributed by atoms with Gasteiger partial charge in [-0.25, -0.2) is 0 Å². The van der Waals surface area contributed by atoms with E-state index in [1.165, 1.54) is 16.5 Å². The number of hydrogen-bond donors (Lipinski definition) is 1. The number of H-pyrrole nitrogens is 1. The van der Waals surface area contributed by atoms with E-state index in [-0.39, 0.29) is 5.78 Å². The Bertz CT molecular complexity index is 625. The smallest absolute Gasteiger partial charge is 0.130 e. The van der Waals surface area contributed by atoms with Gasteiger partial charge in [0.2, 0.25) is 0 Å². The largest absolute Gasteiger partial charge is 0.361 e. The van der Waals surface area contributed by atoms with Crippen LogP contribution in [0.1, 0.15) is 18.9 Å². The number of ketones is 1. The molecule has 1 heterocycles. The first-order valence-electron chi connectivity index (χ1n) is 6.81. The minimum absolute atomic E-state index is 0.258. The van der Waals surface area contributed by atoms with Gasteiger partial charge in [-0.2, -0.15) is 0 Å². The molecule has 0 aliphatic carbocycles. The quantitative estimate of drug-likeness (QED) is 0.749. The summed E-state index contributed by atoms with van der Waals surface area (Å²) in [7, 11) is 0. The average Bonchev–Trinajstić information content (AvgIpc) is 2.95. The van der Waals surface area contributed by atoms with Crippen molar-refractivity contribution in [3.05, 3.63) is 72.4 Å². The van der Waals surface area contributed by atoms with Gasteiger partial charge in [0.25, 0.3) is 0 Å². The van der Waals surface area contributed by atoms with Crippen LogP contribution < -0.4 is 0 Å². The van der Waals surface area contributed by atoms with Crippen LogP contribution in [-0.4, -0.2) is 10.8 Å². The number of hydrogen-bond acceptors (Lipinski definition) is 1. The molecule has 0 amide bonds. The summed E-state index contributed by atoms with van der Waals surface area (Å²) in [6.07, 6.45) is 3.48. The van der Waals surface area contributed by atoms with Crippen molar-refractivity contribution in [3.8, 4) is 0 Å². The third kappa shape index (κ3) is 4.39. The first-order valence-corrected chi connectivity index (χ1v) is 6.81. The molecule has 1 N–H and O–H groups in total. The molecular weight excluding hydrogens is 246 g/mol. The van der Waals surface area contributed by atoms with Gasteiger partial charge >= 0.3 is 0 Å². The molecule has 0 aliphatic rings. The molecule has 0 saturated heterocycles. The van der Waals surface area contributed by atoms with E-state index in [1.807, 2.05) is 48.7 Å². The van der Waals surface area contributed by atoms with E-state index < -0.39 is 0 Å². The van der Waals surface area contributed by atoms with Crippen LogP contribution in [0.3, 0.4) is 0 Å². The molecule has 0 unspecified atom stereocenters. The lowest BCUT2D eigenvalue weighted by molar-refractivity contribution is -0.116. The number of carbonyl (C=O) groups excluding carboxylic acids is 1. The fraction of sp³-hybridized carbons (Fsp3) is 0.167. The maximum Gasteiger partial charge on any atom is 0.130 e. The van der Waals surface area contributed by atoms with Crippen molar-refractivity contribution >= 4 is 16.7 Å². The minimum Gasteiger partial charge on any atom is -0.361 e. The molecule has 3 aromatic rings. The highest BCUT2D eigenvalue weighted by molar-refractivity contribution is 5.78. The Morgan fingerprint density at radius 1 is 0.950 bits per heavy atom. The summed E-state index contributed by atoms with van der Waals surface area (Å²) in [6.45, 7) is 1.63. The molecule has 2 aromatic carbocycles. The summed E-state index contributed by atoms with van der Waals surface area (Å²) in [4.78, 5) is 13.7. The van der Waals surface area contributed by atoms with Gasteiger partial charge in [0.15, 0.2) is 0 Å². The van der Waals surface area contributed by atoms with Crippen molar-refractivity contribution < 1.29 is 4.79 Å². The zero-order chi connectivity index (χ0) is 14.2. The van der Waals surface area contributed by atoms with Gasteiger partial charge in [-0.1, -0.05) is 48.5 Å². The second-order valence-electron chi connectivity index (χ2n) is 4.75. The summed E-state index contributed by atoms with van der Waals surface area (Å²) in [5.74, 6) is 0.258. The number of aromatic nitrogens is 1. The monoisotopic (exact) mass is 265 g/mol. The molecular formula is C18H19NO. The van der Waals surface area contributed by atoms with E-state index in [2.05, 4.69) is 23.2 Å². The SMILES string of the molecule is CC(=O)CCc1ccccc1.c1ccc2[nH]ccc2c1. The lowest BCUT2D eigenvalue weighted by atomic mass is 10.1. The predicted octanol–water partition coefficient (Wildman–Crippen LogP) is 4.38. The van der Waals surface area contributed by atoms with Gasteiger partial charge in [-0.15, -0.1) is 0 Å². The maximum absolute atomic E-state index is 10.6. The molecule has 2 heteroatoms. The first-order chi connectivity index (χ1) is 9.75. The van der Waals surface area contributed by atoms with Crippen LogP contribution in [0.15, 0.2) is 66.9 Å². The maximum atomic E-state index is 10.6. The second-order valence-corrected chi connectivity index (χ2v) is 4.75. The van der Waals surface area contributed by atoms with Crippen LogP contribution in [0.25, 0.3) is 10.9 Å². The molecule has 0 saturated carbocycles. The topological polar surface area (TPSA) is 32.9 Å². The average molecular weight is 265 g/mol. The van der Waals surface area contributed by atoms with E-state index in [4.69, 9.17) is 0 Å². The minimum atomic E-state index is 0.258. The molecule has 20 heavy (non-hydrogen) atoms. The second kappa shape index (κ2) is 7.29. The summed E-state index contributed by atoms with van der Waals surface area (Å²) < 4.78 is 0. The standard InChI is InChI=1S/C10H12O.C8H7N/c1-9(11)7-8-10-5-3-2-4-6-10;1-2-4-8-7(3-1)5-6-9-8/h2-6H,7-8H2,1H3;1-6,9H. The Hall–Kier alpha value is -2.35. The van der Waals surface area contributed by atoms with Gasteiger partial charge < -0.3 is 9.78 Å². The number of aryl methyl sites for hydroxylation is 1. The fourth-order valence-corrected chi connectivity index (χ4v) is 1.96. The molecule has 2 nitrogen and oxygen atoms in total. The Kier molecular flexibility index (Phi) is 5.13. The number of para-hydroxylation sites is 1. The van der Waals surface area contributed by atoms with Crippen LogP contribution in [-0.2, 0) is 11.2 Å². The van der Waals surface area contributed by atoms with E-state index >= 15 is 0 Å². The lowest BCUT2D eigenvalue weighted by Gasteiger charge is -1.96. The van der Waals surface area contributed by atoms with Crippen LogP contribution in [0.2, 0.25) is 0 Å². The van der Waals surface area contributed by atoms with E-state index in [0.29, 0.717) is 6.42 Å². The van der Waals surface area contributed by atoms with Gasteiger partial charge in [0, 0.05) is 18.1 Å². The Morgan fingerprint density at radius 3 is 2.35 bits per heavy atom. The molecule has 0 aliphatic heterocycles. The van der Waals surface area contributed by atoms with E-state index in [1.54, 1.807) is 6.92 Å². The molecule has 3 rings (SSSR count). The van der Waals surface area contributed by atoms with E-state index in [0.717, 1.165) is 6.42 Å². The molecule has 0 atom stereocenters.